The summed E-state index contributed by atoms with van der Waals surface area (Å²) in [6.07, 6.45) is 5.08. The van der Waals surface area contributed by atoms with Crippen LogP contribution in [0.15, 0.2) is 59.6 Å². The molecule has 0 aliphatic rings. The predicted molar refractivity (Wildman–Crippen MR) is 110 cm³/mol. The van der Waals surface area contributed by atoms with Gasteiger partial charge in [0, 0.05) is 17.5 Å². The number of aliphatic imine (C=N–C) groups is 1. The van der Waals surface area contributed by atoms with Crippen LogP contribution in [0.1, 0.15) is 20.8 Å². The van der Waals surface area contributed by atoms with Gasteiger partial charge in [-0.2, -0.15) is 0 Å². The molecular formula is C21H22FN5O. The number of hydrogen-bond acceptors (Lipinski definition) is 6. The maximum atomic E-state index is 13.2. The molecule has 0 spiro atoms. The van der Waals surface area contributed by atoms with Gasteiger partial charge in [0.05, 0.1) is 12.5 Å². The Balaban J connectivity index is 1.98. The zero-order valence-corrected chi connectivity index (χ0v) is 16.3. The first-order valence-electron chi connectivity index (χ1n) is 8.90. The molecule has 0 fully saturated rings. The van der Waals surface area contributed by atoms with E-state index < -0.39 is 0 Å². The lowest BCUT2D eigenvalue weighted by Crippen LogP contribution is -2.28. The first kappa shape index (κ1) is 19.4. The molecule has 0 radical (unpaired) electrons. The second kappa shape index (κ2) is 8.56. The Hall–Kier alpha value is -3.35. The summed E-state index contributed by atoms with van der Waals surface area (Å²) < 4.78 is 18.6. The van der Waals surface area contributed by atoms with E-state index in [1.807, 2.05) is 32.9 Å². The van der Waals surface area contributed by atoms with E-state index in [0.717, 1.165) is 22.2 Å². The minimum atomic E-state index is -0.278. The van der Waals surface area contributed by atoms with Crippen LogP contribution in [0.2, 0.25) is 0 Å². The predicted octanol–water partition coefficient (Wildman–Crippen LogP) is 4.60. The molecule has 1 N–H and O–H groups in total. The van der Waals surface area contributed by atoms with Crippen LogP contribution in [0.4, 0.5) is 10.2 Å². The van der Waals surface area contributed by atoms with Gasteiger partial charge in [-0.05, 0) is 44.5 Å². The van der Waals surface area contributed by atoms with Crippen molar-refractivity contribution in [3.8, 4) is 11.1 Å². The zero-order valence-electron chi connectivity index (χ0n) is 16.3. The van der Waals surface area contributed by atoms with Gasteiger partial charge in [-0.15, -0.1) is 0 Å². The van der Waals surface area contributed by atoms with Gasteiger partial charge in [-0.1, -0.05) is 18.2 Å². The van der Waals surface area contributed by atoms with E-state index in [4.69, 9.17) is 4.74 Å². The molecule has 7 heteroatoms. The topological polar surface area (TPSA) is 72.3 Å². The number of hydrogen-bond donors (Lipinski definition) is 1. The molecule has 2 aromatic heterocycles. The van der Waals surface area contributed by atoms with Crippen molar-refractivity contribution in [1.29, 1.82) is 0 Å². The number of benzene rings is 1. The van der Waals surface area contributed by atoms with Crippen molar-refractivity contribution >= 4 is 22.7 Å². The molecule has 144 valence electrons. The SMILES string of the molecule is C/C=C(/C)N=C(OC)C(C)Nc1ncnc2ncc(-c3ccc(F)cc3)cc12. The van der Waals surface area contributed by atoms with E-state index in [0.29, 0.717) is 17.4 Å². The van der Waals surface area contributed by atoms with Crippen LogP contribution in [-0.4, -0.2) is 34.0 Å². The lowest BCUT2D eigenvalue weighted by Gasteiger charge is -2.17. The fourth-order valence-corrected chi connectivity index (χ4v) is 2.69. The number of nitrogens with zero attached hydrogens (tertiary/aromatic N) is 4. The molecule has 1 unspecified atom stereocenters. The summed E-state index contributed by atoms with van der Waals surface area (Å²) >= 11 is 0. The quantitative estimate of drug-likeness (QED) is 0.518. The second-order valence-corrected chi connectivity index (χ2v) is 6.27. The molecule has 0 aliphatic carbocycles. The Bertz CT molecular complexity index is 1030. The first-order chi connectivity index (χ1) is 13.5. The molecule has 0 aliphatic heterocycles. The summed E-state index contributed by atoms with van der Waals surface area (Å²) in [7, 11) is 1.59. The molecule has 1 aromatic carbocycles. The zero-order chi connectivity index (χ0) is 20.1. The molecule has 0 amide bonds. The van der Waals surface area contributed by atoms with E-state index >= 15 is 0 Å². The van der Waals surface area contributed by atoms with Crippen molar-refractivity contribution in [3.63, 3.8) is 0 Å². The largest absolute Gasteiger partial charge is 0.483 e. The van der Waals surface area contributed by atoms with Crippen LogP contribution in [-0.2, 0) is 4.74 Å². The number of pyridine rings is 1. The number of nitrogens with one attached hydrogen (secondary N) is 1. The van der Waals surface area contributed by atoms with Crippen LogP contribution in [0.3, 0.4) is 0 Å². The van der Waals surface area contributed by atoms with Gasteiger partial charge in [0.1, 0.15) is 24.0 Å². The lowest BCUT2D eigenvalue weighted by molar-refractivity contribution is 0.387. The Morgan fingerprint density at radius 2 is 1.93 bits per heavy atom. The number of methoxy groups -OCH3 is 1. The van der Waals surface area contributed by atoms with Crippen LogP contribution >= 0.6 is 0 Å². The number of rotatable bonds is 5. The summed E-state index contributed by atoms with van der Waals surface area (Å²) in [5.74, 6) is 0.890. The minimum absolute atomic E-state index is 0.215. The van der Waals surface area contributed by atoms with E-state index in [2.05, 4.69) is 25.3 Å². The molecule has 0 bridgehead atoms. The van der Waals surface area contributed by atoms with E-state index in [1.165, 1.54) is 18.5 Å². The average molecular weight is 379 g/mol. The molecule has 0 saturated carbocycles. The molecule has 0 saturated heterocycles. The van der Waals surface area contributed by atoms with Crippen molar-refractivity contribution in [2.75, 3.05) is 12.4 Å². The molecular weight excluding hydrogens is 357 g/mol. The van der Waals surface area contributed by atoms with Crippen molar-refractivity contribution in [1.82, 2.24) is 15.0 Å². The Labute approximate surface area is 163 Å². The van der Waals surface area contributed by atoms with Crippen LogP contribution in [0.25, 0.3) is 22.2 Å². The normalized spacial score (nSPS) is 13.5. The number of halogens is 1. The number of fused-ring (bicyclic) bond motifs is 1. The summed E-state index contributed by atoms with van der Waals surface area (Å²) in [5.41, 5.74) is 3.14. The van der Waals surface area contributed by atoms with Crippen LogP contribution in [0, 0.1) is 5.82 Å². The maximum Gasteiger partial charge on any atom is 0.210 e. The summed E-state index contributed by atoms with van der Waals surface area (Å²) in [6.45, 7) is 5.77. The van der Waals surface area contributed by atoms with Crippen LogP contribution in [0.5, 0.6) is 0 Å². The molecule has 6 nitrogen and oxygen atoms in total. The fraction of sp³-hybridized carbons (Fsp3) is 0.238. The summed E-state index contributed by atoms with van der Waals surface area (Å²) in [6, 6.07) is 8.00. The highest BCUT2D eigenvalue weighted by Crippen LogP contribution is 2.26. The maximum absolute atomic E-state index is 13.2. The third kappa shape index (κ3) is 4.31. The van der Waals surface area contributed by atoms with Gasteiger partial charge < -0.3 is 10.1 Å². The number of anilines is 1. The van der Waals surface area contributed by atoms with Crippen molar-refractivity contribution < 1.29 is 9.13 Å². The van der Waals surface area contributed by atoms with E-state index in [9.17, 15) is 4.39 Å². The Morgan fingerprint density at radius 3 is 2.61 bits per heavy atom. The third-order valence-corrected chi connectivity index (χ3v) is 4.30. The smallest absolute Gasteiger partial charge is 0.210 e. The minimum Gasteiger partial charge on any atom is -0.483 e. The highest BCUT2D eigenvalue weighted by Gasteiger charge is 2.15. The highest BCUT2D eigenvalue weighted by atomic mass is 19.1. The standard InChI is InChI=1S/C21H22FN5O/c1-5-13(2)26-21(28-4)14(3)27-20-18-10-16(11-23-19(18)24-12-25-20)15-6-8-17(22)9-7-15/h5-12,14H,1-4H3,(H,23,24,25,27)/b13-5-,26-21?. The summed E-state index contributed by atoms with van der Waals surface area (Å²) in [5, 5.41) is 4.08. The molecule has 1 atom stereocenters. The third-order valence-electron chi connectivity index (χ3n) is 4.30. The Morgan fingerprint density at radius 1 is 1.18 bits per heavy atom. The number of aromatic nitrogens is 3. The van der Waals surface area contributed by atoms with Gasteiger partial charge in [0.25, 0.3) is 0 Å². The van der Waals surface area contributed by atoms with Crippen molar-refractivity contribution in [2.24, 2.45) is 4.99 Å². The van der Waals surface area contributed by atoms with Gasteiger partial charge in [0.2, 0.25) is 5.90 Å². The Kier molecular flexibility index (Phi) is 5.93. The summed E-state index contributed by atoms with van der Waals surface area (Å²) in [4.78, 5) is 17.5. The van der Waals surface area contributed by atoms with E-state index in [1.54, 1.807) is 25.4 Å². The molecule has 3 aromatic rings. The molecule has 2 heterocycles. The van der Waals surface area contributed by atoms with Crippen LogP contribution < -0.4 is 5.32 Å². The number of allylic oxidation sites excluding steroid dienone is 2. The van der Waals surface area contributed by atoms with Gasteiger partial charge >= 0.3 is 0 Å². The average Bonchev–Trinajstić information content (AvgIpc) is 2.72. The van der Waals surface area contributed by atoms with Crippen molar-refractivity contribution in [2.45, 2.75) is 26.8 Å². The van der Waals surface area contributed by atoms with Gasteiger partial charge in [-0.25, -0.2) is 24.3 Å². The fourth-order valence-electron chi connectivity index (χ4n) is 2.69. The molecule has 28 heavy (non-hydrogen) atoms. The second-order valence-electron chi connectivity index (χ2n) is 6.27. The number of ether oxygens (including phenoxy) is 1. The van der Waals surface area contributed by atoms with Gasteiger partial charge in [-0.3, -0.25) is 0 Å². The van der Waals surface area contributed by atoms with Crippen molar-refractivity contribution in [3.05, 3.63) is 60.4 Å². The molecule has 3 rings (SSSR count). The first-order valence-corrected chi connectivity index (χ1v) is 8.90. The van der Waals surface area contributed by atoms with E-state index in [-0.39, 0.29) is 11.9 Å². The lowest BCUT2D eigenvalue weighted by atomic mass is 10.1. The highest BCUT2D eigenvalue weighted by molar-refractivity contribution is 5.92. The monoisotopic (exact) mass is 379 g/mol. The van der Waals surface area contributed by atoms with Gasteiger partial charge in [0.15, 0.2) is 5.65 Å².